The molecule has 0 radical (unpaired) electrons. The van der Waals surface area contributed by atoms with Gasteiger partial charge < -0.3 is 14.8 Å². The summed E-state index contributed by atoms with van der Waals surface area (Å²) in [5, 5.41) is 3.46. The van der Waals surface area contributed by atoms with Gasteiger partial charge in [-0.1, -0.05) is 6.92 Å². The molecule has 0 bridgehead atoms. The third-order valence-corrected chi connectivity index (χ3v) is 3.42. The molecule has 1 N–H and O–H groups in total. The molecule has 0 spiro atoms. The van der Waals surface area contributed by atoms with Gasteiger partial charge in [0.2, 0.25) is 5.95 Å². The molecule has 0 amide bonds. The predicted octanol–water partition coefficient (Wildman–Crippen LogP) is 1.66. The van der Waals surface area contributed by atoms with Gasteiger partial charge in [-0.25, -0.2) is 4.98 Å². The number of rotatable bonds is 5. The van der Waals surface area contributed by atoms with Gasteiger partial charge in [0, 0.05) is 32.0 Å². The van der Waals surface area contributed by atoms with Crippen molar-refractivity contribution in [2.75, 3.05) is 31.5 Å². The standard InChI is InChI=1S/C12H22N4/c1-3-15-7-5-11(10-15)9-14-12-13-6-8-16(12)4-2/h6,8,11H,3-5,7,9-10H2,1-2H3,(H,13,14). The highest BCUT2D eigenvalue weighted by Crippen LogP contribution is 2.16. The van der Waals surface area contributed by atoms with Crippen LogP contribution in [0.3, 0.4) is 0 Å². The van der Waals surface area contributed by atoms with E-state index in [1.807, 2.05) is 12.4 Å². The zero-order valence-corrected chi connectivity index (χ0v) is 10.3. The Morgan fingerprint density at radius 1 is 1.44 bits per heavy atom. The van der Waals surface area contributed by atoms with Crippen molar-refractivity contribution in [3.63, 3.8) is 0 Å². The van der Waals surface area contributed by atoms with Crippen molar-refractivity contribution in [2.45, 2.75) is 26.8 Å². The van der Waals surface area contributed by atoms with Gasteiger partial charge in [0.15, 0.2) is 0 Å². The molecular formula is C12H22N4. The second-order valence-corrected chi connectivity index (χ2v) is 4.47. The van der Waals surface area contributed by atoms with E-state index < -0.39 is 0 Å². The summed E-state index contributed by atoms with van der Waals surface area (Å²) in [4.78, 5) is 6.84. The van der Waals surface area contributed by atoms with Gasteiger partial charge in [-0.05, 0) is 32.4 Å². The van der Waals surface area contributed by atoms with Gasteiger partial charge in [-0.15, -0.1) is 0 Å². The van der Waals surface area contributed by atoms with Crippen molar-refractivity contribution in [1.82, 2.24) is 14.5 Å². The van der Waals surface area contributed by atoms with Crippen LogP contribution >= 0.6 is 0 Å². The summed E-state index contributed by atoms with van der Waals surface area (Å²) in [6, 6.07) is 0. The van der Waals surface area contributed by atoms with Gasteiger partial charge >= 0.3 is 0 Å². The van der Waals surface area contributed by atoms with Crippen molar-refractivity contribution in [3.8, 4) is 0 Å². The van der Waals surface area contributed by atoms with Gasteiger partial charge in [-0.3, -0.25) is 0 Å². The van der Waals surface area contributed by atoms with Crippen LogP contribution in [-0.2, 0) is 6.54 Å². The molecule has 1 aliphatic rings. The monoisotopic (exact) mass is 222 g/mol. The Kier molecular flexibility index (Phi) is 3.83. The van der Waals surface area contributed by atoms with E-state index >= 15 is 0 Å². The molecule has 1 saturated heterocycles. The zero-order valence-electron chi connectivity index (χ0n) is 10.3. The second kappa shape index (κ2) is 5.34. The minimum Gasteiger partial charge on any atom is -0.355 e. The Morgan fingerprint density at radius 3 is 3.00 bits per heavy atom. The Morgan fingerprint density at radius 2 is 2.31 bits per heavy atom. The second-order valence-electron chi connectivity index (χ2n) is 4.47. The Labute approximate surface area is 97.7 Å². The maximum atomic E-state index is 4.33. The van der Waals surface area contributed by atoms with Gasteiger partial charge in [-0.2, -0.15) is 0 Å². The summed E-state index contributed by atoms with van der Waals surface area (Å²) in [6.07, 6.45) is 5.20. The van der Waals surface area contributed by atoms with Crippen LogP contribution in [-0.4, -0.2) is 40.6 Å². The summed E-state index contributed by atoms with van der Waals surface area (Å²) in [5.74, 6) is 1.79. The summed E-state index contributed by atoms with van der Waals surface area (Å²) in [6.45, 7) is 10.1. The first-order chi connectivity index (χ1) is 7.83. The van der Waals surface area contributed by atoms with Crippen LogP contribution in [0.15, 0.2) is 12.4 Å². The minimum atomic E-state index is 0.780. The molecule has 1 unspecified atom stereocenters. The van der Waals surface area contributed by atoms with Crippen LogP contribution in [0, 0.1) is 5.92 Å². The number of nitrogens with zero attached hydrogens (tertiary/aromatic N) is 3. The molecule has 0 saturated carbocycles. The minimum absolute atomic E-state index is 0.780. The first-order valence-electron chi connectivity index (χ1n) is 6.30. The average Bonchev–Trinajstić information content (AvgIpc) is 2.94. The summed E-state index contributed by atoms with van der Waals surface area (Å²) in [7, 11) is 0. The SMILES string of the molecule is CCN1CCC(CNc2nccn2CC)C1. The maximum absolute atomic E-state index is 4.33. The number of imidazole rings is 1. The molecule has 1 aromatic rings. The average molecular weight is 222 g/mol. The molecule has 90 valence electrons. The summed E-state index contributed by atoms with van der Waals surface area (Å²) in [5.41, 5.74) is 0. The molecule has 1 atom stereocenters. The lowest BCUT2D eigenvalue weighted by Gasteiger charge is -2.14. The molecule has 0 aromatic carbocycles. The Hall–Kier alpha value is -1.03. The fourth-order valence-electron chi connectivity index (χ4n) is 2.33. The summed E-state index contributed by atoms with van der Waals surface area (Å²) < 4.78 is 2.15. The van der Waals surface area contributed by atoms with Gasteiger partial charge in [0.25, 0.3) is 0 Å². The predicted molar refractivity (Wildman–Crippen MR) is 66.6 cm³/mol. The molecule has 16 heavy (non-hydrogen) atoms. The lowest BCUT2D eigenvalue weighted by molar-refractivity contribution is 0.344. The lowest BCUT2D eigenvalue weighted by Crippen LogP contribution is -2.23. The van der Waals surface area contributed by atoms with Gasteiger partial charge in [0.05, 0.1) is 0 Å². The normalized spacial score (nSPS) is 21.5. The third-order valence-electron chi connectivity index (χ3n) is 3.42. The molecule has 2 heterocycles. The van der Waals surface area contributed by atoms with Crippen molar-refractivity contribution in [3.05, 3.63) is 12.4 Å². The Balaban J connectivity index is 1.80. The first kappa shape index (κ1) is 11.5. The molecule has 4 heteroatoms. The molecule has 1 fully saturated rings. The van der Waals surface area contributed by atoms with E-state index in [1.165, 1.54) is 26.1 Å². The van der Waals surface area contributed by atoms with Crippen LogP contribution < -0.4 is 5.32 Å². The molecule has 4 nitrogen and oxygen atoms in total. The molecule has 1 aliphatic heterocycles. The fourth-order valence-corrected chi connectivity index (χ4v) is 2.33. The van der Waals surface area contributed by atoms with E-state index in [2.05, 4.69) is 33.6 Å². The number of aromatic nitrogens is 2. The van der Waals surface area contributed by atoms with Crippen molar-refractivity contribution in [2.24, 2.45) is 5.92 Å². The largest absolute Gasteiger partial charge is 0.355 e. The van der Waals surface area contributed by atoms with Crippen LogP contribution in [0.5, 0.6) is 0 Å². The van der Waals surface area contributed by atoms with Gasteiger partial charge in [0.1, 0.15) is 0 Å². The Bertz CT molecular complexity index is 321. The number of likely N-dealkylation sites (tertiary alicyclic amines) is 1. The highest BCUT2D eigenvalue weighted by Gasteiger charge is 2.20. The molecular weight excluding hydrogens is 200 g/mol. The molecule has 1 aromatic heterocycles. The van der Waals surface area contributed by atoms with E-state index in [-0.39, 0.29) is 0 Å². The van der Waals surface area contributed by atoms with Crippen LogP contribution in [0.2, 0.25) is 0 Å². The molecule has 2 rings (SSSR count). The number of nitrogens with one attached hydrogen (secondary N) is 1. The maximum Gasteiger partial charge on any atom is 0.202 e. The van der Waals surface area contributed by atoms with Crippen LogP contribution in [0.25, 0.3) is 0 Å². The quantitative estimate of drug-likeness (QED) is 0.822. The third kappa shape index (κ3) is 2.55. The topological polar surface area (TPSA) is 33.1 Å². The number of anilines is 1. The highest BCUT2D eigenvalue weighted by molar-refractivity contribution is 5.25. The lowest BCUT2D eigenvalue weighted by atomic mass is 10.1. The van der Waals surface area contributed by atoms with Crippen molar-refractivity contribution in [1.29, 1.82) is 0 Å². The van der Waals surface area contributed by atoms with Crippen molar-refractivity contribution < 1.29 is 0 Å². The van der Waals surface area contributed by atoms with E-state index in [1.54, 1.807) is 0 Å². The van der Waals surface area contributed by atoms with E-state index in [9.17, 15) is 0 Å². The number of hydrogen-bond acceptors (Lipinski definition) is 3. The van der Waals surface area contributed by atoms with E-state index in [0.717, 1.165) is 25.0 Å². The zero-order chi connectivity index (χ0) is 11.4. The van der Waals surface area contributed by atoms with Crippen LogP contribution in [0.4, 0.5) is 5.95 Å². The fraction of sp³-hybridized carbons (Fsp3) is 0.750. The first-order valence-corrected chi connectivity index (χ1v) is 6.30. The van der Waals surface area contributed by atoms with Crippen LogP contribution in [0.1, 0.15) is 20.3 Å². The van der Waals surface area contributed by atoms with E-state index in [4.69, 9.17) is 0 Å². The van der Waals surface area contributed by atoms with Crippen molar-refractivity contribution >= 4 is 5.95 Å². The number of aryl methyl sites for hydroxylation is 1. The molecule has 0 aliphatic carbocycles. The number of hydrogen-bond donors (Lipinski definition) is 1. The van der Waals surface area contributed by atoms with E-state index in [0.29, 0.717) is 0 Å². The highest BCUT2D eigenvalue weighted by atomic mass is 15.2. The summed E-state index contributed by atoms with van der Waals surface area (Å²) >= 11 is 0. The smallest absolute Gasteiger partial charge is 0.202 e.